The Labute approximate surface area is 180 Å². The summed E-state index contributed by atoms with van der Waals surface area (Å²) < 4.78 is 16.9. The number of carbonyl (C=O) groups is 1. The van der Waals surface area contributed by atoms with Gasteiger partial charge in [0.1, 0.15) is 17.2 Å². The number of allylic oxidation sites excluding steroid dienone is 1. The molecule has 0 spiro atoms. The van der Waals surface area contributed by atoms with Crippen molar-refractivity contribution in [2.24, 2.45) is 5.92 Å². The molecule has 0 aromatic heterocycles. The van der Waals surface area contributed by atoms with E-state index in [4.69, 9.17) is 14.2 Å². The normalized spacial score (nSPS) is 11.5. The molecule has 0 saturated carbocycles. The first kappa shape index (κ1) is 23.5. The third kappa shape index (κ3) is 8.73. The van der Waals surface area contributed by atoms with Gasteiger partial charge in [0.05, 0.1) is 18.8 Å². The van der Waals surface area contributed by atoms with Gasteiger partial charge in [0.25, 0.3) is 0 Å². The Bertz CT molecular complexity index is 750. The molecule has 4 nitrogen and oxygen atoms in total. The van der Waals surface area contributed by atoms with E-state index in [1.54, 1.807) is 36.4 Å². The predicted molar refractivity (Wildman–Crippen MR) is 122 cm³/mol. The molecule has 0 N–H and O–H groups in total. The van der Waals surface area contributed by atoms with E-state index in [0.29, 0.717) is 24.5 Å². The third-order valence-electron chi connectivity index (χ3n) is 5.00. The minimum absolute atomic E-state index is 0.394. The van der Waals surface area contributed by atoms with E-state index in [1.165, 1.54) is 12.8 Å². The van der Waals surface area contributed by atoms with Crippen LogP contribution in [0.4, 0.5) is 0 Å². The fraction of sp³-hybridized carbons (Fsp3) is 0.423. The van der Waals surface area contributed by atoms with Crippen LogP contribution in [0.2, 0.25) is 0 Å². The molecule has 162 valence electrons. The summed E-state index contributed by atoms with van der Waals surface area (Å²) >= 11 is 0. The minimum atomic E-state index is -0.394. The monoisotopic (exact) mass is 410 g/mol. The Kier molecular flexibility index (Phi) is 10.6. The first-order valence-corrected chi connectivity index (χ1v) is 10.9. The number of ether oxygens (including phenoxy) is 3. The Morgan fingerprint density at radius 2 is 1.47 bits per heavy atom. The molecule has 0 amide bonds. The highest BCUT2D eigenvalue weighted by molar-refractivity contribution is 5.91. The summed E-state index contributed by atoms with van der Waals surface area (Å²) in [4.78, 5) is 12.3. The average molecular weight is 411 g/mol. The van der Waals surface area contributed by atoms with Crippen LogP contribution in [0.5, 0.6) is 17.2 Å². The van der Waals surface area contributed by atoms with Crippen LogP contribution in [-0.4, -0.2) is 19.2 Å². The fourth-order valence-corrected chi connectivity index (χ4v) is 2.86. The summed E-state index contributed by atoms with van der Waals surface area (Å²) in [5, 5.41) is 0. The molecule has 1 atom stereocenters. The highest BCUT2D eigenvalue weighted by Crippen LogP contribution is 2.20. The molecule has 30 heavy (non-hydrogen) atoms. The van der Waals surface area contributed by atoms with Crippen LogP contribution in [0, 0.1) is 5.92 Å². The number of esters is 1. The molecule has 0 heterocycles. The lowest BCUT2D eigenvalue weighted by Crippen LogP contribution is -2.08. The Morgan fingerprint density at radius 1 is 0.900 bits per heavy atom. The first-order chi connectivity index (χ1) is 14.6. The highest BCUT2D eigenvalue weighted by Gasteiger charge is 2.09. The molecule has 2 aromatic carbocycles. The van der Waals surface area contributed by atoms with E-state index in [1.807, 2.05) is 18.2 Å². The zero-order valence-corrected chi connectivity index (χ0v) is 18.3. The van der Waals surface area contributed by atoms with Crippen LogP contribution in [0.15, 0.2) is 61.2 Å². The van der Waals surface area contributed by atoms with Gasteiger partial charge in [-0.05, 0) is 86.6 Å². The molecule has 0 fully saturated rings. The van der Waals surface area contributed by atoms with Crippen molar-refractivity contribution < 1.29 is 19.0 Å². The van der Waals surface area contributed by atoms with E-state index < -0.39 is 5.97 Å². The molecular formula is C26H34O4. The number of hydrogen-bond acceptors (Lipinski definition) is 4. The number of rotatable bonds is 14. The maximum atomic E-state index is 12.3. The zero-order valence-electron chi connectivity index (χ0n) is 18.3. The number of benzene rings is 2. The quantitative estimate of drug-likeness (QED) is 0.148. The summed E-state index contributed by atoms with van der Waals surface area (Å²) in [7, 11) is 0. The van der Waals surface area contributed by atoms with Crippen molar-refractivity contribution in [1.29, 1.82) is 0 Å². The molecule has 0 radical (unpaired) electrons. The summed E-state index contributed by atoms with van der Waals surface area (Å²) in [5.41, 5.74) is 0.486. The minimum Gasteiger partial charge on any atom is -0.494 e. The van der Waals surface area contributed by atoms with Gasteiger partial charge in [-0.3, -0.25) is 0 Å². The van der Waals surface area contributed by atoms with Crippen molar-refractivity contribution >= 4 is 5.97 Å². The largest absolute Gasteiger partial charge is 0.494 e. The highest BCUT2D eigenvalue weighted by atomic mass is 16.5. The molecule has 2 rings (SSSR count). The molecule has 0 aliphatic carbocycles. The van der Waals surface area contributed by atoms with E-state index >= 15 is 0 Å². The maximum absolute atomic E-state index is 12.3. The third-order valence-corrected chi connectivity index (χ3v) is 5.00. The topological polar surface area (TPSA) is 44.8 Å². The summed E-state index contributed by atoms with van der Waals surface area (Å²) in [6, 6.07) is 14.2. The van der Waals surface area contributed by atoms with E-state index in [9.17, 15) is 4.79 Å². The van der Waals surface area contributed by atoms with E-state index in [2.05, 4.69) is 20.4 Å². The van der Waals surface area contributed by atoms with Gasteiger partial charge in [-0.2, -0.15) is 0 Å². The van der Waals surface area contributed by atoms with Gasteiger partial charge in [0.2, 0.25) is 0 Å². The van der Waals surface area contributed by atoms with Crippen LogP contribution >= 0.6 is 0 Å². The Hall–Kier alpha value is -2.75. The van der Waals surface area contributed by atoms with Gasteiger partial charge in [0.15, 0.2) is 0 Å². The molecule has 0 bridgehead atoms. The van der Waals surface area contributed by atoms with Crippen LogP contribution in [0.25, 0.3) is 0 Å². The summed E-state index contributed by atoms with van der Waals surface area (Å²) in [5.74, 6) is 2.37. The molecule has 0 aliphatic heterocycles. The molecule has 1 unspecified atom stereocenters. The second-order valence-corrected chi connectivity index (χ2v) is 7.52. The summed E-state index contributed by atoms with van der Waals surface area (Å²) in [6.45, 7) is 9.53. The van der Waals surface area contributed by atoms with Crippen molar-refractivity contribution in [3.63, 3.8) is 0 Å². The number of carbonyl (C=O) groups excluding carboxylic acids is 1. The van der Waals surface area contributed by atoms with Crippen LogP contribution in [0.3, 0.4) is 0 Å². The van der Waals surface area contributed by atoms with Crippen LogP contribution in [-0.2, 0) is 0 Å². The Balaban J connectivity index is 1.75. The predicted octanol–water partition coefficient (Wildman–Crippen LogP) is 6.85. The second-order valence-electron chi connectivity index (χ2n) is 7.52. The lowest BCUT2D eigenvalue weighted by atomic mass is 10.0. The van der Waals surface area contributed by atoms with Crippen LogP contribution < -0.4 is 14.2 Å². The lowest BCUT2D eigenvalue weighted by Gasteiger charge is -2.10. The zero-order chi connectivity index (χ0) is 21.6. The lowest BCUT2D eigenvalue weighted by molar-refractivity contribution is 0.0734. The second kappa shape index (κ2) is 13.5. The summed E-state index contributed by atoms with van der Waals surface area (Å²) in [6.07, 6.45) is 8.37. The molecule has 0 saturated heterocycles. The number of hydrogen-bond donors (Lipinski definition) is 0. The smallest absolute Gasteiger partial charge is 0.343 e. The van der Waals surface area contributed by atoms with Crippen molar-refractivity contribution in [2.75, 3.05) is 13.2 Å². The van der Waals surface area contributed by atoms with Gasteiger partial charge in [-0.15, -0.1) is 6.58 Å². The SMILES string of the molecule is C=CCCCCOc1ccc(C(=O)Oc2ccc(OCCCC(C)CC)cc2)cc1. The Morgan fingerprint density at radius 3 is 2.07 bits per heavy atom. The first-order valence-electron chi connectivity index (χ1n) is 10.9. The number of unbranched alkanes of at least 4 members (excludes halogenated alkanes) is 2. The van der Waals surface area contributed by atoms with Crippen molar-refractivity contribution in [1.82, 2.24) is 0 Å². The van der Waals surface area contributed by atoms with Gasteiger partial charge in [-0.25, -0.2) is 4.79 Å². The van der Waals surface area contributed by atoms with Crippen molar-refractivity contribution in [2.45, 2.75) is 52.4 Å². The molecular weight excluding hydrogens is 376 g/mol. The molecule has 0 aliphatic rings. The maximum Gasteiger partial charge on any atom is 0.343 e. The fourth-order valence-electron chi connectivity index (χ4n) is 2.86. The van der Waals surface area contributed by atoms with Crippen molar-refractivity contribution in [3.8, 4) is 17.2 Å². The van der Waals surface area contributed by atoms with Crippen LogP contribution in [0.1, 0.15) is 62.7 Å². The molecule has 2 aromatic rings. The van der Waals surface area contributed by atoms with Gasteiger partial charge < -0.3 is 14.2 Å². The van der Waals surface area contributed by atoms with Gasteiger partial charge in [-0.1, -0.05) is 26.3 Å². The molecule has 4 heteroatoms. The standard InChI is InChI=1S/C26H34O4/c1-4-6-7-8-19-28-23-13-11-22(12-14-23)26(27)30-25-17-15-24(16-18-25)29-20-9-10-21(3)5-2/h4,11-18,21H,1,5-10,19-20H2,2-3H3. The van der Waals surface area contributed by atoms with E-state index in [0.717, 1.165) is 43.1 Å². The van der Waals surface area contributed by atoms with E-state index in [-0.39, 0.29) is 0 Å². The average Bonchev–Trinajstić information content (AvgIpc) is 2.78. The van der Waals surface area contributed by atoms with Gasteiger partial charge >= 0.3 is 5.97 Å². The van der Waals surface area contributed by atoms with Gasteiger partial charge in [0, 0.05) is 0 Å². The van der Waals surface area contributed by atoms with Crippen molar-refractivity contribution in [3.05, 3.63) is 66.7 Å².